The Kier molecular flexibility index (Phi) is 4.71. The summed E-state index contributed by atoms with van der Waals surface area (Å²) >= 11 is 0. The van der Waals surface area contributed by atoms with Gasteiger partial charge in [-0.25, -0.2) is 4.79 Å². The second-order valence-corrected chi connectivity index (χ2v) is 5.79. The summed E-state index contributed by atoms with van der Waals surface area (Å²) in [5.74, 6) is 0.496. The highest BCUT2D eigenvalue weighted by Gasteiger charge is 2.21. The van der Waals surface area contributed by atoms with E-state index in [1.54, 1.807) is 12.4 Å². The Bertz CT molecular complexity index is 655. The first-order valence-electron chi connectivity index (χ1n) is 7.79. The fourth-order valence-electron chi connectivity index (χ4n) is 2.83. The number of nitrogens with zero attached hydrogens (tertiary/aromatic N) is 3. The van der Waals surface area contributed by atoms with Gasteiger partial charge in [0.15, 0.2) is 0 Å². The second kappa shape index (κ2) is 7.09. The van der Waals surface area contributed by atoms with Gasteiger partial charge in [0.25, 0.3) is 0 Å². The van der Waals surface area contributed by atoms with Crippen molar-refractivity contribution in [3.63, 3.8) is 0 Å². The summed E-state index contributed by atoms with van der Waals surface area (Å²) in [4.78, 5) is 20.7. The first kappa shape index (κ1) is 15.3. The lowest BCUT2D eigenvalue weighted by Gasteiger charge is -2.30. The van der Waals surface area contributed by atoms with Crippen molar-refractivity contribution in [2.75, 3.05) is 25.0 Å². The standard InChI is InChI=1S/C17H20N4O2/c22-17(23)21-7-3-13(4-8-21)10-20-16-9-15(11-19-12-16)14-1-5-18-6-2-14/h1-2,5-6,9,11-13,20H,3-4,7-8,10H2,(H,22,23). The Hall–Kier alpha value is -2.63. The number of amides is 1. The predicted octanol–water partition coefficient (Wildman–Crippen LogP) is 2.95. The van der Waals surface area contributed by atoms with Crippen LogP contribution in [-0.4, -0.2) is 45.7 Å². The molecule has 120 valence electrons. The highest BCUT2D eigenvalue weighted by molar-refractivity contribution is 5.66. The summed E-state index contributed by atoms with van der Waals surface area (Å²) < 4.78 is 0. The highest BCUT2D eigenvalue weighted by Crippen LogP contribution is 2.22. The quantitative estimate of drug-likeness (QED) is 0.907. The average Bonchev–Trinajstić information content (AvgIpc) is 2.61. The van der Waals surface area contributed by atoms with Crippen LogP contribution in [0.25, 0.3) is 11.1 Å². The molecule has 3 heterocycles. The van der Waals surface area contributed by atoms with Crippen molar-refractivity contribution < 1.29 is 9.90 Å². The molecule has 6 nitrogen and oxygen atoms in total. The van der Waals surface area contributed by atoms with E-state index in [1.165, 1.54) is 4.90 Å². The molecule has 0 saturated carbocycles. The summed E-state index contributed by atoms with van der Waals surface area (Å²) in [5, 5.41) is 12.4. The molecule has 1 fully saturated rings. The molecule has 0 spiro atoms. The molecule has 2 aromatic rings. The van der Waals surface area contributed by atoms with E-state index in [1.807, 2.05) is 24.5 Å². The van der Waals surface area contributed by atoms with Gasteiger partial charge >= 0.3 is 6.09 Å². The minimum Gasteiger partial charge on any atom is -0.465 e. The zero-order valence-corrected chi connectivity index (χ0v) is 12.9. The number of aromatic nitrogens is 2. The third kappa shape index (κ3) is 3.97. The van der Waals surface area contributed by atoms with E-state index in [2.05, 4.69) is 21.4 Å². The van der Waals surface area contributed by atoms with Gasteiger partial charge in [0.1, 0.15) is 0 Å². The van der Waals surface area contributed by atoms with Crippen molar-refractivity contribution in [3.8, 4) is 11.1 Å². The largest absolute Gasteiger partial charge is 0.465 e. The molecule has 2 N–H and O–H groups in total. The summed E-state index contributed by atoms with van der Waals surface area (Å²) in [6.45, 7) is 2.09. The SMILES string of the molecule is O=C(O)N1CCC(CNc2cncc(-c3ccncc3)c2)CC1. The maximum Gasteiger partial charge on any atom is 0.407 e. The molecule has 1 aliphatic rings. The predicted molar refractivity (Wildman–Crippen MR) is 88.3 cm³/mol. The van der Waals surface area contributed by atoms with Crippen LogP contribution in [0.1, 0.15) is 12.8 Å². The van der Waals surface area contributed by atoms with E-state index in [-0.39, 0.29) is 0 Å². The number of likely N-dealkylation sites (tertiary alicyclic amines) is 1. The third-order valence-electron chi connectivity index (χ3n) is 4.23. The molecule has 6 heteroatoms. The average molecular weight is 312 g/mol. The normalized spacial score (nSPS) is 15.4. The van der Waals surface area contributed by atoms with E-state index in [0.717, 1.165) is 36.2 Å². The Balaban J connectivity index is 1.56. The van der Waals surface area contributed by atoms with Crippen LogP contribution in [0.2, 0.25) is 0 Å². The van der Waals surface area contributed by atoms with Crippen molar-refractivity contribution in [1.29, 1.82) is 0 Å². The Morgan fingerprint density at radius 2 is 1.91 bits per heavy atom. The number of hydrogen-bond acceptors (Lipinski definition) is 4. The molecule has 2 aromatic heterocycles. The number of hydrogen-bond donors (Lipinski definition) is 2. The van der Waals surface area contributed by atoms with Gasteiger partial charge in [-0.1, -0.05) is 0 Å². The number of pyridine rings is 2. The number of rotatable bonds is 4. The molecule has 1 saturated heterocycles. The Morgan fingerprint density at radius 1 is 1.17 bits per heavy atom. The number of anilines is 1. The minimum atomic E-state index is -0.814. The van der Waals surface area contributed by atoms with E-state index >= 15 is 0 Å². The molecule has 3 rings (SSSR count). The maximum atomic E-state index is 10.9. The molecule has 23 heavy (non-hydrogen) atoms. The third-order valence-corrected chi connectivity index (χ3v) is 4.23. The molecule has 1 amide bonds. The molecule has 0 bridgehead atoms. The van der Waals surface area contributed by atoms with Crippen LogP contribution in [0.15, 0.2) is 43.0 Å². The van der Waals surface area contributed by atoms with Crippen molar-refractivity contribution in [2.24, 2.45) is 5.92 Å². The summed E-state index contributed by atoms with van der Waals surface area (Å²) in [5.41, 5.74) is 3.13. The number of carbonyl (C=O) groups is 1. The van der Waals surface area contributed by atoms with Crippen LogP contribution in [0.4, 0.5) is 10.5 Å². The topological polar surface area (TPSA) is 78.4 Å². The smallest absolute Gasteiger partial charge is 0.407 e. The van der Waals surface area contributed by atoms with Gasteiger partial charge in [-0.3, -0.25) is 9.97 Å². The Labute approximate surface area is 135 Å². The lowest BCUT2D eigenvalue weighted by Crippen LogP contribution is -2.39. The summed E-state index contributed by atoms with van der Waals surface area (Å²) in [6.07, 6.45) is 8.18. The molecule has 0 atom stereocenters. The van der Waals surface area contributed by atoms with Crippen molar-refractivity contribution >= 4 is 11.8 Å². The van der Waals surface area contributed by atoms with E-state index in [0.29, 0.717) is 19.0 Å². The second-order valence-electron chi connectivity index (χ2n) is 5.79. The van der Waals surface area contributed by atoms with Gasteiger partial charge in [0, 0.05) is 50.0 Å². The monoisotopic (exact) mass is 312 g/mol. The first-order valence-corrected chi connectivity index (χ1v) is 7.79. The van der Waals surface area contributed by atoms with Gasteiger partial charge in [-0.15, -0.1) is 0 Å². The number of carboxylic acid groups (broad SMARTS) is 1. The molecule has 0 radical (unpaired) electrons. The molecule has 0 aromatic carbocycles. The summed E-state index contributed by atoms with van der Waals surface area (Å²) in [6, 6.07) is 6.00. The van der Waals surface area contributed by atoms with Crippen molar-refractivity contribution in [3.05, 3.63) is 43.0 Å². The Morgan fingerprint density at radius 3 is 2.61 bits per heavy atom. The van der Waals surface area contributed by atoms with Crippen LogP contribution >= 0.6 is 0 Å². The minimum absolute atomic E-state index is 0.496. The zero-order valence-electron chi connectivity index (χ0n) is 12.9. The van der Waals surface area contributed by atoms with E-state index in [4.69, 9.17) is 5.11 Å². The number of nitrogens with one attached hydrogen (secondary N) is 1. The van der Waals surface area contributed by atoms with Crippen LogP contribution in [0, 0.1) is 5.92 Å². The number of piperidine rings is 1. The maximum absolute atomic E-state index is 10.9. The van der Waals surface area contributed by atoms with Crippen LogP contribution in [-0.2, 0) is 0 Å². The molecule has 0 unspecified atom stereocenters. The lowest BCUT2D eigenvalue weighted by atomic mass is 9.97. The fraction of sp³-hybridized carbons (Fsp3) is 0.353. The van der Waals surface area contributed by atoms with Gasteiger partial charge in [-0.2, -0.15) is 0 Å². The van der Waals surface area contributed by atoms with Gasteiger partial charge < -0.3 is 15.3 Å². The van der Waals surface area contributed by atoms with E-state index < -0.39 is 6.09 Å². The molecular formula is C17H20N4O2. The highest BCUT2D eigenvalue weighted by atomic mass is 16.4. The van der Waals surface area contributed by atoms with E-state index in [9.17, 15) is 4.79 Å². The molecule has 0 aliphatic carbocycles. The zero-order chi connectivity index (χ0) is 16.1. The fourth-order valence-corrected chi connectivity index (χ4v) is 2.83. The van der Waals surface area contributed by atoms with Crippen LogP contribution in [0.3, 0.4) is 0 Å². The molecule has 1 aliphatic heterocycles. The van der Waals surface area contributed by atoms with Crippen LogP contribution < -0.4 is 5.32 Å². The van der Waals surface area contributed by atoms with Crippen LogP contribution in [0.5, 0.6) is 0 Å². The first-order chi connectivity index (χ1) is 11.2. The molecular weight excluding hydrogens is 292 g/mol. The lowest BCUT2D eigenvalue weighted by molar-refractivity contribution is 0.126. The van der Waals surface area contributed by atoms with Crippen molar-refractivity contribution in [1.82, 2.24) is 14.9 Å². The van der Waals surface area contributed by atoms with Gasteiger partial charge in [0.2, 0.25) is 0 Å². The van der Waals surface area contributed by atoms with Crippen molar-refractivity contribution in [2.45, 2.75) is 12.8 Å². The van der Waals surface area contributed by atoms with Gasteiger partial charge in [0.05, 0.1) is 5.69 Å². The van der Waals surface area contributed by atoms with Gasteiger partial charge in [-0.05, 0) is 42.5 Å². The summed E-state index contributed by atoms with van der Waals surface area (Å²) in [7, 11) is 0.